The summed E-state index contributed by atoms with van der Waals surface area (Å²) in [7, 11) is -0.969. The summed E-state index contributed by atoms with van der Waals surface area (Å²) < 4.78 is 1.90. The van der Waals surface area contributed by atoms with Gasteiger partial charge < -0.3 is 15.8 Å². The Labute approximate surface area is 81.1 Å². The number of nitrogens with one attached hydrogen (secondary N) is 1. The summed E-state index contributed by atoms with van der Waals surface area (Å²) >= 11 is 0. The topological polar surface area (TPSA) is 91.5 Å². The van der Waals surface area contributed by atoms with Crippen LogP contribution in [-0.2, 0) is 0 Å². The lowest BCUT2D eigenvalue weighted by Gasteiger charge is -2.39. The summed E-state index contributed by atoms with van der Waals surface area (Å²) in [6.45, 7) is 2.73. The molecule has 5 nitrogen and oxygen atoms in total. The van der Waals surface area contributed by atoms with Gasteiger partial charge in [0.25, 0.3) is 0 Å². The van der Waals surface area contributed by atoms with Crippen LogP contribution in [0.5, 0.6) is 0 Å². The van der Waals surface area contributed by atoms with Gasteiger partial charge in [0.15, 0.2) is 5.96 Å². The molecule has 0 spiro atoms. The first kappa shape index (κ1) is 12.1. The molecular weight excluding hydrogens is 186 g/mol. The average Bonchev–Trinajstić information content (AvgIpc) is 1.82. The zero-order valence-electron chi connectivity index (χ0n) is 8.66. The third-order valence-corrected chi connectivity index (χ3v) is 3.17. The van der Waals surface area contributed by atoms with Crippen molar-refractivity contribution >= 4 is 22.1 Å². The van der Waals surface area contributed by atoms with E-state index in [0.29, 0.717) is 0 Å². The highest BCUT2D eigenvalue weighted by Crippen LogP contribution is 2.39. The first-order valence-electron chi connectivity index (χ1n) is 3.93. The first-order chi connectivity index (χ1) is 5.79. The van der Waals surface area contributed by atoms with Crippen LogP contribution in [0, 0.1) is 5.41 Å². The van der Waals surface area contributed by atoms with Crippen molar-refractivity contribution in [1.82, 2.24) is 4.31 Å². The molecule has 0 aliphatic heterocycles. The van der Waals surface area contributed by atoms with Crippen molar-refractivity contribution in [1.29, 1.82) is 5.41 Å². The van der Waals surface area contributed by atoms with Gasteiger partial charge in [0.05, 0.1) is 0 Å². The van der Waals surface area contributed by atoms with Crippen LogP contribution in [0.25, 0.3) is 0 Å². The molecule has 0 saturated carbocycles. The number of nitrogens with zero attached hydrogens (tertiary/aromatic N) is 2. The Balaban J connectivity index is 4.62. The number of guanidine groups is 2. The van der Waals surface area contributed by atoms with Gasteiger partial charge in [0.1, 0.15) is 0 Å². The van der Waals surface area contributed by atoms with Crippen LogP contribution < -0.4 is 11.5 Å². The quantitative estimate of drug-likeness (QED) is 0.442. The van der Waals surface area contributed by atoms with E-state index in [1.807, 2.05) is 11.2 Å². The molecule has 0 atom stereocenters. The number of hydrogen-bond acceptors (Lipinski definition) is 1. The highest BCUT2D eigenvalue weighted by Gasteiger charge is 2.17. The maximum absolute atomic E-state index is 7.63. The molecule has 0 aromatic rings. The molecule has 0 heterocycles. The van der Waals surface area contributed by atoms with Crippen LogP contribution in [0.3, 0.4) is 0 Å². The summed E-state index contributed by atoms with van der Waals surface area (Å²) in [5, 5.41) is 7.63. The molecule has 0 aromatic heterocycles. The Kier molecular flexibility index (Phi) is 4.06. The van der Waals surface area contributed by atoms with E-state index in [9.17, 15) is 0 Å². The van der Waals surface area contributed by atoms with E-state index < -0.39 is 10.2 Å². The molecular formula is C7H19N5S. The minimum Gasteiger partial charge on any atom is -0.370 e. The Morgan fingerprint density at radius 3 is 2.08 bits per heavy atom. The van der Waals surface area contributed by atoms with Gasteiger partial charge in [-0.05, 0) is 25.7 Å². The summed E-state index contributed by atoms with van der Waals surface area (Å²) in [5.41, 5.74) is 10.4. The fourth-order valence-corrected chi connectivity index (χ4v) is 2.31. The van der Waals surface area contributed by atoms with E-state index in [1.165, 1.54) is 0 Å². The summed E-state index contributed by atoms with van der Waals surface area (Å²) in [4.78, 5) is 3.72. The van der Waals surface area contributed by atoms with E-state index in [-0.39, 0.29) is 11.9 Å². The molecule has 0 aliphatic carbocycles. The summed E-state index contributed by atoms with van der Waals surface area (Å²) in [6, 6.07) is 0. The maximum Gasteiger partial charge on any atom is 0.229 e. The van der Waals surface area contributed by atoms with Gasteiger partial charge in [-0.25, -0.2) is 0 Å². The normalized spacial score (nSPS) is 12.0. The highest BCUT2D eigenvalue weighted by molar-refractivity contribution is 8.30. The molecule has 78 valence electrons. The average molecular weight is 205 g/mol. The molecule has 0 saturated heterocycles. The molecule has 13 heavy (non-hydrogen) atoms. The van der Waals surface area contributed by atoms with Gasteiger partial charge >= 0.3 is 0 Å². The van der Waals surface area contributed by atoms with Crippen LogP contribution >= 0.6 is 10.2 Å². The van der Waals surface area contributed by atoms with Crippen molar-refractivity contribution in [2.45, 2.75) is 6.92 Å². The molecule has 0 bridgehead atoms. The van der Waals surface area contributed by atoms with Crippen molar-refractivity contribution in [3.8, 4) is 0 Å². The monoisotopic (exact) mass is 205 g/mol. The molecule has 0 radical (unpaired) electrons. The first-order valence-corrected chi connectivity index (χ1v) is 6.74. The second-order valence-electron chi connectivity index (χ2n) is 3.33. The predicted octanol–water partition coefficient (Wildman–Crippen LogP) is 0.125. The molecule has 5 N–H and O–H groups in total. The second-order valence-corrected chi connectivity index (χ2v) is 7.31. The van der Waals surface area contributed by atoms with Gasteiger partial charge in [-0.15, -0.1) is 0 Å². The zero-order chi connectivity index (χ0) is 10.6. The second kappa shape index (κ2) is 4.36. The van der Waals surface area contributed by atoms with E-state index in [0.717, 1.165) is 6.54 Å². The zero-order valence-corrected chi connectivity index (χ0v) is 9.48. The van der Waals surface area contributed by atoms with Gasteiger partial charge in [0, 0.05) is 6.54 Å². The van der Waals surface area contributed by atoms with E-state index in [1.54, 1.807) is 0 Å². The van der Waals surface area contributed by atoms with Crippen molar-refractivity contribution in [2.24, 2.45) is 16.5 Å². The number of nitrogens with two attached hydrogens (primary N) is 2. The van der Waals surface area contributed by atoms with E-state index in [4.69, 9.17) is 16.9 Å². The van der Waals surface area contributed by atoms with Crippen LogP contribution in [0.1, 0.15) is 6.92 Å². The number of rotatable bonds is 2. The summed E-state index contributed by atoms with van der Waals surface area (Å²) in [6.07, 6.45) is 6.27. The number of aliphatic imine (C=N–C) groups is 1. The number of hydrogen-bond donors (Lipinski definition) is 3. The Hall–Kier alpha value is -0.910. The molecule has 0 amide bonds. The standard InChI is InChI=1S/C7H19N5S/c1-5-12(13(2,3)4)7(10)11-6(8)9/h5H2,1-4H3,(H5,8,9,10,11). The van der Waals surface area contributed by atoms with Crippen molar-refractivity contribution < 1.29 is 0 Å². The van der Waals surface area contributed by atoms with Crippen molar-refractivity contribution in [3.05, 3.63) is 0 Å². The Morgan fingerprint density at radius 1 is 1.38 bits per heavy atom. The maximum atomic E-state index is 7.63. The van der Waals surface area contributed by atoms with Crippen LogP contribution in [0.15, 0.2) is 4.99 Å². The smallest absolute Gasteiger partial charge is 0.229 e. The van der Waals surface area contributed by atoms with Gasteiger partial charge in [-0.3, -0.25) is 5.41 Å². The molecule has 0 unspecified atom stereocenters. The lowest BCUT2D eigenvalue weighted by molar-refractivity contribution is 0.687. The third kappa shape index (κ3) is 4.02. The highest BCUT2D eigenvalue weighted by atomic mass is 32.3. The lowest BCUT2D eigenvalue weighted by atomic mass is 10.7. The fraction of sp³-hybridized carbons (Fsp3) is 0.714. The van der Waals surface area contributed by atoms with E-state index in [2.05, 4.69) is 23.8 Å². The third-order valence-electron chi connectivity index (χ3n) is 1.42. The minimum atomic E-state index is -0.969. The predicted molar refractivity (Wildman–Crippen MR) is 61.3 cm³/mol. The van der Waals surface area contributed by atoms with Crippen molar-refractivity contribution in [3.63, 3.8) is 0 Å². The fourth-order valence-electron chi connectivity index (χ4n) is 0.975. The molecule has 0 aliphatic rings. The molecule has 0 rings (SSSR count). The van der Waals surface area contributed by atoms with E-state index >= 15 is 0 Å². The molecule has 6 heteroatoms. The SMILES string of the molecule is CCN(C(=N)N=C(N)N)S(C)(C)C. The lowest BCUT2D eigenvalue weighted by Crippen LogP contribution is -2.34. The van der Waals surface area contributed by atoms with Crippen LogP contribution in [0.4, 0.5) is 0 Å². The van der Waals surface area contributed by atoms with Crippen LogP contribution in [0.2, 0.25) is 0 Å². The van der Waals surface area contributed by atoms with Crippen LogP contribution in [-0.4, -0.2) is 41.5 Å². The Morgan fingerprint density at radius 2 is 1.85 bits per heavy atom. The minimum absolute atomic E-state index is 0.0629. The van der Waals surface area contributed by atoms with Gasteiger partial charge in [-0.1, -0.05) is 0 Å². The van der Waals surface area contributed by atoms with Crippen molar-refractivity contribution in [2.75, 3.05) is 25.3 Å². The molecule has 0 fully saturated rings. The van der Waals surface area contributed by atoms with Gasteiger partial charge in [-0.2, -0.15) is 15.2 Å². The summed E-state index contributed by atoms with van der Waals surface area (Å²) in [5.74, 6) is 0.0806. The van der Waals surface area contributed by atoms with Gasteiger partial charge in [0.2, 0.25) is 5.96 Å². The molecule has 0 aromatic carbocycles. The Bertz CT molecular complexity index is 213. The largest absolute Gasteiger partial charge is 0.370 e.